The van der Waals surface area contributed by atoms with Crippen LogP contribution in [0, 0.1) is 12.7 Å². The van der Waals surface area contributed by atoms with Crippen molar-refractivity contribution in [2.45, 2.75) is 51.9 Å². The molecule has 3 heterocycles. The first-order chi connectivity index (χ1) is 15.1. The standard InChI is InChI=1S/C26H31FN4O/c1-17-14-20(18-6-8-21(27)9-7-18)15-22(28-17)19-10-12-31(13-11-19)25(32)23-16-24(26(2,3)4)29-30(23)5/h6-9,14-16,19H,10-13H2,1-5H3. The summed E-state index contributed by atoms with van der Waals surface area (Å²) in [5.41, 5.74) is 5.50. The Morgan fingerprint density at radius 2 is 1.69 bits per heavy atom. The van der Waals surface area contributed by atoms with Gasteiger partial charge in [-0.1, -0.05) is 32.9 Å². The summed E-state index contributed by atoms with van der Waals surface area (Å²) in [6, 6.07) is 12.6. The van der Waals surface area contributed by atoms with Crippen molar-refractivity contribution >= 4 is 5.91 Å². The molecule has 32 heavy (non-hydrogen) atoms. The number of pyridine rings is 1. The van der Waals surface area contributed by atoms with Crippen LogP contribution in [-0.2, 0) is 12.5 Å². The van der Waals surface area contributed by atoms with Gasteiger partial charge in [-0.25, -0.2) is 4.39 Å². The average Bonchev–Trinajstić information content (AvgIpc) is 3.15. The number of aryl methyl sites for hydroxylation is 2. The van der Waals surface area contributed by atoms with Gasteiger partial charge in [-0.15, -0.1) is 0 Å². The predicted molar refractivity (Wildman–Crippen MR) is 124 cm³/mol. The molecule has 0 bridgehead atoms. The predicted octanol–water partition coefficient (Wildman–Crippen LogP) is 5.25. The summed E-state index contributed by atoms with van der Waals surface area (Å²) in [4.78, 5) is 19.9. The van der Waals surface area contributed by atoms with Crippen molar-refractivity contribution in [3.05, 3.63) is 71.1 Å². The van der Waals surface area contributed by atoms with Crippen LogP contribution in [0.15, 0.2) is 42.5 Å². The van der Waals surface area contributed by atoms with Gasteiger partial charge in [-0.3, -0.25) is 14.5 Å². The number of nitrogens with zero attached hydrogens (tertiary/aromatic N) is 4. The molecule has 0 saturated carbocycles. The third-order valence-corrected chi connectivity index (χ3v) is 6.22. The van der Waals surface area contributed by atoms with Crippen LogP contribution in [-0.4, -0.2) is 38.7 Å². The number of rotatable bonds is 3. The Morgan fingerprint density at radius 3 is 2.28 bits per heavy atom. The fraction of sp³-hybridized carbons (Fsp3) is 0.423. The number of piperidine rings is 1. The molecule has 1 aliphatic rings. The number of carbonyl (C=O) groups excluding carboxylic acids is 1. The first-order valence-electron chi connectivity index (χ1n) is 11.2. The maximum Gasteiger partial charge on any atom is 0.272 e. The molecule has 1 aliphatic heterocycles. The molecule has 1 aromatic carbocycles. The summed E-state index contributed by atoms with van der Waals surface area (Å²) in [6.07, 6.45) is 1.74. The largest absolute Gasteiger partial charge is 0.337 e. The minimum atomic E-state index is -0.236. The molecule has 0 N–H and O–H groups in total. The van der Waals surface area contributed by atoms with Crippen LogP contribution < -0.4 is 0 Å². The van der Waals surface area contributed by atoms with Gasteiger partial charge in [-0.05, 0) is 61.2 Å². The number of carbonyl (C=O) groups is 1. The molecule has 168 valence electrons. The van der Waals surface area contributed by atoms with E-state index in [4.69, 9.17) is 4.98 Å². The highest BCUT2D eigenvalue weighted by molar-refractivity contribution is 5.92. The number of hydrogen-bond acceptors (Lipinski definition) is 3. The van der Waals surface area contributed by atoms with Crippen molar-refractivity contribution < 1.29 is 9.18 Å². The van der Waals surface area contributed by atoms with E-state index < -0.39 is 0 Å². The van der Waals surface area contributed by atoms with E-state index in [2.05, 4.69) is 31.9 Å². The highest BCUT2D eigenvalue weighted by Crippen LogP contribution is 2.31. The zero-order valence-electron chi connectivity index (χ0n) is 19.5. The Morgan fingerprint density at radius 1 is 1.03 bits per heavy atom. The van der Waals surface area contributed by atoms with Gasteiger partial charge in [-0.2, -0.15) is 5.10 Å². The molecule has 5 nitrogen and oxygen atoms in total. The molecule has 1 amide bonds. The first kappa shape index (κ1) is 22.2. The van der Waals surface area contributed by atoms with Gasteiger partial charge < -0.3 is 4.90 Å². The highest BCUT2D eigenvalue weighted by atomic mass is 19.1. The number of amides is 1. The molecule has 1 saturated heterocycles. The summed E-state index contributed by atoms with van der Waals surface area (Å²) in [5, 5.41) is 4.55. The van der Waals surface area contributed by atoms with Gasteiger partial charge in [0.1, 0.15) is 11.5 Å². The number of aromatic nitrogens is 3. The van der Waals surface area contributed by atoms with Crippen molar-refractivity contribution in [3.63, 3.8) is 0 Å². The fourth-order valence-corrected chi connectivity index (χ4v) is 4.29. The van der Waals surface area contributed by atoms with E-state index in [9.17, 15) is 9.18 Å². The second kappa shape index (κ2) is 8.49. The van der Waals surface area contributed by atoms with E-state index in [1.807, 2.05) is 31.0 Å². The maximum absolute atomic E-state index is 13.3. The molecule has 1 fully saturated rings. The van der Waals surface area contributed by atoms with Crippen LogP contribution >= 0.6 is 0 Å². The summed E-state index contributed by atoms with van der Waals surface area (Å²) in [5.74, 6) is 0.104. The van der Waals surface area contributed by atoms with Crippen LogP contribution in [0.25, 0.3) is 11.1 Å². The van der Waals surface area contributed by atoms with Crippen molar-refractivity contribution in [1.29, 1.82) is 0 Å². The lowest BCUT2D eigenvalue weighted by Crippen LogP contribution is -2.38. The van der Waals surface area contributed by atoms with Crippen LogP contribution in [0.3, 0.4) is 0 Å². The van der Waals surface area contributed by atoms with E-state index >= 15 is 0 Å². The Hall–Kier alpha value is -3.02. The summed E-state index contributed by atoms with van der Waals surface area (Å²) >= 11 is 0. The van der Waals surface area contributed by atoms with Gasteiger partial charge in [0.05, 0.1) is 5.69 Å². The molecule has 0 unspecified atom stereocenters. The number of likely N-dealkylation sites (tertiary alicyclic amines) is 1. The van der Waals surface area contributed by atoms with Crippen LogP contribution in [0.4, 0.5) is 4.39 Å². The lowest BCUT2D eigenvalue weighted by Gasteiger charge is -2.32. The maximum atomic E-state index is 13.3. The van der Waals surface area contributed by atoms with Crippen LogP contribution in [0.5, 0.6) is 0 Å². The topological polar surface area (TPSA) is 51.0 Å². The third-order valence-electron chi connectivity index (χ3n) is 6.22. The number of hydrogen-bond donors (Lipinski definition) is 0. The van der Waals surface area contributed by atoms with E-state index in [-0.39, 0.29) is 17.1 Å². The molecular formula is C26H31FN4O. The number of halogens is 1. The minimum absolute atomic E-state index is 0.0400. The molecule has 0 radical (unpaired) electrons. The molecule has 6 heteroatoms. The Kier molecular flexibility index (Phi) is 5.89. The average molecular weight is 435 g/mol. The van der Waals surface area contributed by atoms with Crippen LogP contribution in [0.2, 0.25) is 0 Å². The summed E-state index contributed by atoms with van der Waals surface area (Å²) in [7, 11) is 1.84. The van der Waals surface area contributed by atoms with E-state index in [0.29, 0.717) is 24.7 Å². The molecule has 2 aromatic heterocycles. The first-order valence-corrected chi connectivity index (χ1v) is 11.2. The zero-order valence-corrected chi connectivity index (χ0v) is 19.5. The van der Waals surface area contributed by atoms with Crippen molar-refractivity contribution in [1.82, 2.24) is 19.7 Å². The van der Waals surface area contributed by atoms with Gasteiger partial charge in [0.15, 0.2) is 0 Å². The lowest BCUT2D eigenvalue weighted by atomic mass is 9.90. The second-order valence-electron chi connectivity index (χ2n) is 9.78. The van der Waals surface area contributed by atoms with E-state index in [1.54, 1.807) is 16.8 Å². The Balaban J connectivity index is 1.48. The quantitative estimate of drug-likeness (QED) is 0.566. The fourth-order valence-electron chi connectivity index (χ4n) is 4.29. The zero-order chi connectivity index (χ0) is 23.0. The molecule has 0 atom stereocenters. The molecule has 3 aromatic rings. The Bertz CT molecular complexity index is 1120. The normalized spacial score (nSPS) is 15.2. The van der Waals surface area contributed by atoms with E-state index in [0.717, 1.165) is 41.1 Å². The van der Waals surface area contributed by atoms with Gasteiger partial charge in [0, 0.05) is 42.9 Å². The molecular weight excluding hydrogens is 403 g/mol. The van der Waals surface area contributed by atoms with Gasteiger partial charge in [0.25, 0.3) is 5.91 Å². The van der Waals surface area contributed by atoms with Crippen molar-refractivity contribution in [3.8, 4) is 11.1 Å². The smallest absolute Gasteiger partial charge is 0.272 e. The van der Waals surface area contributed by atoms with Crippen molar-refractivity contribution in [2.75, 3.05) is 13.1 Å². The SMILES string of the molecule is Cc1cc(-c2ccc(F)cc2)cc(C2CCN(C(=O)c3cc(C(C)(C)C)nn3C)CC2)n1. The second-order valence-corrected chi connectivity index (χ2v) is 9.78. The lowest BCUT2D eigenvalue weighted by molar-refractivity contribution is 0.0701. The molecule has 0 spiro atoms. The Labute approximate surface area is 189 Å². The molecule has 0 aliphatic carbocycles. The molecule has 4 rings (SSSR count). The van der Waals surface area contributed by atoms with E-state index in [1.165, 1.54) is 12.1 Å². The highest BCUT2D eigenvalue weighted by Gasteiger charge is 2.29. The summed E-state index contributed by atoms with van der Waals surface area (Å²) < 4.78 is 15.0. The van der Waals surface area contributed by atoms with Crippen LogP contribution in [0.1, 0.15) is 67.1 Å². The van der Waals surface area contributed by atoms with Gasteiger partial charge >= 0.3 is 0 Å². The minimum Gasteiger partial charge on any atom is -0.337 e. The third kappa shape index (κ3) is 4.59. The van der Waals surface area contributed by atoms with Crippen molar-refractivity contribution in [2.24, 2.45) is 7.05 Å². The summed E-state index contributed by atoms with van der Waals surface area (Å²) in [6.45, 7) is 9.69. The number of benzene rings is 1. The van der Waals surface area contributed by atoms with Gasteiger partial charge in [0.2, 0.25) is 0 Å². The monoisotopic (exact) mass is 434 g/mol.